The van der Waals surface area contributed by atoms with Crippen molar-refractivity contribution in [2.75, 3.05) is 4.90 Å². The minimum Gasteiger partial charge on any atom is -0.290 e. The number of rotatable bonds is 1. The summed E-state index contributed by atoms with van der Waals surface area (Å²) in [4.78, 5) is 14.4. The Bertz CT molecular complexity index is 1000. The van der Waals surface area contributed by atoms with Gasteiger partial charge < -0.3 is 0 Å². The van der Waals surface area contributed by atoms with E-state index in [-0.39, 0.29) is 11.7 Å². The van der Waals surface area contributed by atoms with Gasteiger partial charge in [-0.2, -0.15) is 0 Å². The second-order valence-corrected chi connectivity index (χ2v) is 5.78. The normalized spacial score (nSPS) is 15.5. The van der Waals surface area contributed by atoms with Crippen molar-refractivity contribution in [1.29, 1.82) is 0 Å². The molecular weight excluding hydrogens is 313 g/mol. The third-order valence-corrected chi connectivity index (χ3v) is 4.18. The highest BCUT2D eigenvalue weighted by Gasteiger charge is 2.36. The highest BCUT2D eigenvalue weighted by atomic mass is 19.1. The molecule has 0 fully saturated rings. The molecule has 1 heterocycles. The maximum Gasteiger partial charge on any atom is 0.260 e. The van der Waals surface area contributed by atoms with Gasteiger partial charge in [-0.05, 0) is 42.0 Å². The summed E-state index contributed by atoms with van der Waals surface area (Å²) in [6.07, 6.45) is 0. The number of hydrogen-bond donors (Lipinski definition) is 0. The van der Waals surface area contributed by atoms with Crippen LogP contribution in [0.25, 0.3) is 0 Å². The molecule has 1 atom stereocenters. The number of amides is 1. The van der Waals surface area contributed by atoms with Gasteiger partial charge in [0.1, 0.15) is 11.9 Å². The Balaban J connectivity index is 1.82. The topological polar surface area (TPSA) is 20.3 Å². The molecule has 0 N–H and O–H groups in total. The molecule has 0 saturated heterocycles. The molecule has 120 valence electrons. The van der Waals surface area contributed by atoms with Gasteiger partial charge in [0.05, 0.1) is 0 Å². The summed E-state index contributed by atoms with van der Waals surface area (Å²) in [7, 11) is 0. The van der Waals surface area contributed by atoms with Crippen molar-refractivity contribution < 1.29 is 9.18 Å². The molecular formula is C22H14FNO. The molecule has 3 heteroatoms. The molecule has 4 rings (SSSR count). The maximum atomic E-state index is 13.7. The Hall–Kier alpha value is -3.38. The van der Waals surface area contributed by atoms with Crippen LogP contribution in [0.3, 0.4) is 0 Å². The van der Waals surface area contributed by atoms with Gasteiger partial charge >= 0.3 is 0 Å². The minimum absolute atomic E-state index is 0.159. The van der Waals surface area contributed by atoms with Crippen molar-refractivity contribution in [3.8, 4) is 11.8 Å². The first-order chi connectivity index (χ1) is 12.2. The largest absolute Gasteiger partial charge is 0.290 e. The van der Waals surface area contributed by atoms with Crippen molar-refractivity contribution in [1.82, 2.24) is 0 Å². The van der Waals surface area contributed by atoms with E-state index in [1.165, 1.54) is 12.1 Å². The highest BCUT2D eigenvalue weighted by molar-refractivity contribution is 6.11. The van der Waals surface area contributed by atoms with Crippen molar-refractivity contribution in [3.05, 3.63) is 101 Å². The molecule has 0 aromatic heterocycles. The predicted molar refractivity (Wildman–Crippen MR) is 95.7 cm³/mol. The van der Waals surface area contributed by atoms with E-state index < -0.39 is 6.04 Å². The molecule has 1 aliphatic rings. The number of hydrogen-bond acceptors (Lipinski definition) is 1. The Kier molecular flexibility index (Phi) is 3.80. The summed E-state index contributed by atoms with van der Waals surface area (Å²) in [6, 6.07) is 22.6. The van der Waals surface area contributed by atoms with Gasteiger partial charge in [0, 0.05) is 16.8 Å². The second kappa shape index (κ2) is 6.26. The molecule has 0 aliphatic carbocycles. The van der Waals surface area contributed by atoms with E-state index in [1.54, 1.807) is 23.1 Å². The summed E-state index contributed by atoms with van der Waals surface area (Å²) < 4.78 is 13.7. The lowest BCUT2D eigenvalue weighted by atomic mass is 10.0. The average Bonchev–Trinajstić information content (AvgIpc) is 2.93. The third kappa shape index (κ3) is 2.79. The Morgan fingerprint density at radius 1 is 0.880 bits per heavy atom. The van der Waals surface area contributed by atoms with Crippen LogP contribution >= 0.6 is 0 Å². The van der Waals surface area contributed by atoms with Crippen LogP contribution in [-0.4, -0.2) is 5.91 Å². The quantitative estimate of drug-likeness (QED) is 0.599. The van der Waals surface area contributed by atoms with Crippen LogP contribution in [-0.2, 0) is 0 Å². The zero-order chi connectivity index (χ0) is 17.2. The van der Waals surface area contributed by atoms with Crippen LogP contribution in [0.4, 0.5) is 10.1 Å². The smallest absolute Gasteiger partial charge is 0.260 e. The molecule has 0 saturated carbocycles. The van der Waals surface area contributed by atoms with Crippen molar-refractivity contribution in [3.63, 3.8) is 0 Å². The summed E-state index contributed by atoms with van der Waals surface area (Å²) in [5.41, 5.74) is 2.84. The molecule has 3 aromatic carbocycles. The first-order valence-corrected chi connectivity index (χ1v) is 7.99. The van der Waals surface area contributed by atoms with E-state index in [2.05, 4.69) is 11.8 Å². The molecule has 2 nitrogen and oxygen atoms in total. The zero-order valence-electron chi connectivity index (χ0n) is 13.3. The van der Waals surface area contributed by atoms with E-state index in [9.17, 15) is 9.18 Å². The van der Waals surface area contributed by atoms with Gasteiger partial charge in [-0.1, -0.05) is 54.3 Å². The van der Waals surface area contributed by atoms with Crippen molar-refractivity contribution in [2.24, 2.45) is 0 Å². The molecule has 0 spiro atoms. The fourth-order valence-electron chi connectivity index (χ4n) is 3.02. The summed E-state index contributed by atoms with van der Waals surface area (Å²) in [6.45, 7) is 0. The van der Waals surface area contributed by atoms with E-state index in [0.717, 1.165) is 11.1 Å². The molecule has 1 aliphatic heterocycles. The van der Waals surface area contributed by atoms with Crippen LogP contribution < -0.4 is 4.90 Å². The molecule has 25 heavy (non-hydrogen) atoms. The summed E-state index contributed by atoms with van der Waals surface area (Å²) in [5.74, 6) is 5.77. The van der Waals surface area contributed by atoms with Crippen LogP contribution in [0.15, 0.2) is 78.9 Å². The van der Waals surface area contributed by atoms with Gasteiger partial charge in [0.2, 0.25) is 0 Å². The summed E-state index contributed by atoms with van der Waals surface area (Å²) >= 11 is 0. The monoisotopic (exact) mass is 327 g/mol. The lowest BCUT2D eigenvalue weighted by Gasteiger charge is -2.21. The molecule has 1 unspecified atom stereocenters. The van der Waals surface area contributed by atoms with Crippen LogP contribution in [0.2, 0.25) is 0 Å². The fourth-order valence-corrected chi connectivity index (χ4v) is 3.02. The number of nitrogens with zero attached hydrogens (tertiary/aromatic N) is 1. The zero-order valence-corrected chi connectivity index (χ0v) is 13.3. The van der Waals surface area contributed by atoms with Crippen LogP contribution in [0.5, 0.6) is 0 Å². The SMILES string of the molecule is O=C1c2ccccc2C(C#Cc2ccccc2)N1c1cccc(F)c1. The van der Waals surface area contributed by atoms with Gasteiger partial charge in [-0.3, -0.25) is 9.69 Å². The van der Waals surface area contributed by atoms with Crippen molar-refractivity contribution in [2.45, 2.75) is 6.04 Å². The number of carbonyl (C=O) groups excluding carboxylic acids is 1. The van der Waals surface area contributed by atoms with E-state index in [0.29, 0.717) is 11.3 Å². The molecule has 0 bridgehead atoms. The third-order valence-electron chi connectivity index (χ3n) is 4.18. The standard InChI is InChI=1S/C22H14FNO/c23-17-9-6-10-18(15-17)24-21(14-13-16-7-2-1-3-8-16)19-11-4-5-12-20(19)22(24)25/h1-12,15,21H. The molecule has 1 amide bonds. The van der Waals surface area contributed by atoms with Crippen LogP contribution in [0.1, 0.15) is 27.5 Å². The average molecular weight is 327 g/mol. The van der Waals surface area contributed by atoms with E-state index in [1.807, 2.05) is 48.5 Å². The first-order valence-electron chi connectivity index (χ1n) is 7.99. The number of fused-ring (bicyclic) bond motifs is 1. The van der Waals surface area contributed by atoms with E-state index >= 15 is 0 Å². The van der Waals surface area contributed by atoms with Gasteiger partial charge in [-0.25, -0.2) is 4.39 Å². The number of halogens is 1. The van der Waals surface area contributed by atoms with Gasteiger partial charge in [-0.15, -0.1) is 0 Å². The number of carbonyl (C=O) groups is 1. The van der Waals surface area contributed by atoms with Gasteiger partial charge in [0.15, 0.2) is 0 Å². The first kappa shape index (κ1) is 15.2. The Morgan fingerprint density at radius 3 is 2.44 bits per heavy atom. The Morgan fingerprint density at radius 2 is 1.64 bits per heavy atom. The molecule has 0 radical (unpaired) electrons. The minimum atomic E-state index is -0.439. The lowest BCUT2D eigenvalue weighted by molar-refractivity contribution is 0.0994. The maximum absolute atomic E-state index is 13.7. The second-order valence-electron chi connectivity index (χ2n) is 5.78. The Labute approximate surface area is 145 Å². The van der Waals surface area contributed by atoms with Gasteiger partial charge in [0.25, 0.3) is 5.91 Å². The van der Waals surface area contributed by atoms with Crippen molar-refractivity contribution >= 4 is 11.6 Å². The van der Waals surface area contributed by atoms with Crippen LogP contribution in [0, 0.1) is 17.7 Å². The summed E-state index contributed by atoms with van der Waals surface area (Å²) in [5, 5.41) is 0. The number of benzene rings is 3. The fraction of sp³-hybridized carbons (Fsp3) is 0.0455. The lowest BCUT2D eigenvalue weighted by Crippen LogP contribution is -2.27. The number of anilines is 1. The van der Waals surface area contributed by atoms with E-state index in [4.69, 9.17) is 0 Å². The molecule has 3 aromatic rings. The highest BCUT2D eigenvalue weighted by Crippen LogP contribution is 2.37. The predicted octanol–water partition coefficient (Wildman–Crippen LogP) is 4.58.